The maximum absolute atomic E-state index is 12.1. The molecule has 0 N–H and O–H groups in total. The second-order valence-electron chi connectivity index (χ2n) is 3.26. The highest BCUT2D eigenvalue weighted by Gasteiger charge is 2.48. The molecule has 0 aliphatic rings. The first-order valence-corrected chi connectivity index (χ1v) is 6.26. The third-order valence-electron chi connectivity index (χ3n) is 1.87. The third-order valence-corrected chi connectivity index (χ3v) is 2.91. The van der Waals surface area contributed by atoms with Crippen molar-refractivity contribution in [3.63, 3.8) is 0 Å². The summed E-state index contributed by atoms with van der Waals surface area (Å²) in [4.78, 5) is 11.2. The Morgan fingerprint density at radius 1 is 1.28 bits per heavy atom. The van der Waals surface area contributed by atoms with Crippen LogP contribution in [0.5, 0.6) is 0 Å². The topological polar surface area (TPSA) is 69.7 Å². The van der Waals surface area contributed by atoms with Crippen molar-refractivity contribution in [1.82, 2.24) is 0 Å². The van der Waals surface area contributed by atoms with Crippen LogP contribution in [0.2, 0.25) is 0 Å². The van der Waals surface area contributed by atoms with Crippen molar-refractivity contribution in [2.45, 2.75) is 32.2 Å². The Hall–Kier alpha value is -1.25. The first-order chi connectivity index (χ1) is 8.06. The standard InChI is InChI=1S/C9H13F3O5S/c1-4-5-7(8(13)16-3)6(2)17-18(14,15)9(10,11)12/h4-5H2,1-3H3/b7-6-. The molecular weight excluding hydrogens is 277 g/mol. The first-order valence-electron chi connectivity index (χ1n) is 4.85. The molecule has 0 bridgehead atoms. The lowest BCUT2D eigenvalue weighted by atomic mass is 10.1. The van der Waals surface area contributed by atoms with Crippen LogP contribution in [0.25, 0.3) is 0 Å². The van der Waals surface area contributed by atoms with Crippen molar-refractivity contribution < 1.29 is 35.3 Å². The maximum atomic E-state index is 12.1. The van der Waals surface area contributed by atoms with E-state index in [4.69, 9.17) is 0 Å². The molecule has 18 heavy (non-hydrogen) atoms. The molecule has 0 unspecified atom stereocenters. The van der Waals surface area contributed by atoms with Crippen LogP contribution >= 0.6 is 0 Å². The van der Waals surface area contributed by atoms with Gasteiger partial charge in [-0.05, 0) is 13.3 Å². The van der Waals surface area contributed by atoms with E-state index in [1.165, 1.54) is 0 Å². The Morgan fingerprint density at radius 3 is 2.11 bits per heavy atom. The van der Waals surface area contributed by atoms with Crippen LogP contribution in [0.1, 0.15) is 26.7 Å². The van der Waals surface area contributed by atoms with Crippen LogP contribution in [0.3, 0.4) is 0 Å². The van der Waals surface area contributed by atoms with Gasteiger partial charge in [-0.1, -0.05) is 13.3 Å². The molecule has 0 atom stereocenters. The predicted octanol–water partition coefficient (Wildman–Crippen LogP) is 2.10. The zero-order valence-corrected chi connectivity index (χ0v) is 10.8. The van der Waals surface area contributed by atoms with Crippen LogP contribution in [0.4, 0.5) is 13.2 Å². The average Bonchev–Trinajstić information content (AvgIpc) is 2.22. The van der Waals surface area contributed by atoms with Crippen LogP contribution < -0.4 is 0 Å². The van der Waals surface area contributed by atoms with E-state index in [1.54, 1.807) is 6.92 Å². The van der Waals surface area contributed by atoms with Crippen molar-refractivity contribution in [3.05, 3.63) is 11.3 Å². The molecule has 0 aromatic heterocycles. The number of carbonyl (C=O) groups is 1. The number of halogens is 3. The quantitative estimate of drug-likeness (QED) is 0.255. The van der Waals surface area contributed by atoms with Gasteiger partial charge in [0, 0.05) is 0 Å². The summed E-state index contributed by atoms with van der Waals surface area (Å²) >= 11 is 0. The number of rotatable bonds is 5. The van der Waals surface area contributed by atoms with Gasteiger partial charge in [0.15, 0.2) is 0 Å². The second-order valence-corrected chi connectivity index (χ2v) is 4.80. The molecular formula is C9H13F3O5S. The Labute approximate surface area is 103 Å². The second kappa shape index (κ2) is 6.07. The van der Waals surface area contributed by atoms with E-state index in [9.17, 15) is 26.4 Å². The van der Waals surface area contributed by atoms with Gasteiger partial charge < -0.3 is 8.92 Å². The molecule has 0 spiro atoms. The number of allylic oxidation sites excluding steroid dienone is 1. The summed E-state index contributed by atoms with van der Waals surface area (Å²) in [5.41, 5.74) is -5.78. The zero-order chi connectivity index (χ0) is 14.6. The van der Waals surface area contributed by atoms with E-state index in [1.807, 2.05) is 0 Å². The van der Waals surface area contributed by atoms with Crippen LogP contribution in [-0.4, -0.2) is 27.0 Å². The summed E-state index contributed by atoms with van der Waals surface area (Å²) in [6.45, 7) is 2.62. The highest BCUT2D eigenvalue weighted by atomic mass is 32.2. The maximum Gasteiger partial charge on any atom is 0.534 e. The highest BCUT2D eigenvalue weighted by Crippen LogP contribution is 2.28. The summed E-state index contributed by atoms with van der Waals surface area (Å²) in [7, 11) is -4.74. The van der Waals surface area contributed by atoms with E-state index < -0.39 is 27.4 Å². The van der Waals surface area contributed by atoms with Gasteiger partial charge in [-0.3, -0.25) is 0 Å². The molecule has 0 aromatic carbocycles. The van der Waals surface area contributed by atoms with Gasteiger partial charge in [-0.15, -0.1) is 0 Å². The molecule has 0 saturated carbocycles. The number of alkyl halides is 3. The van der Waals surface area contributed by atoms with Crippen molar-refractivity contribution in [3.8, 4) is 0 Å². The van der Waals surface area contributed by atoms with Gasteiger partial charge in [-0.2, -0.15) is 21.6 Å². The lowest BCUT2D eigenvalue weighted by molar-refractivity contribution is -0.136. The number of hydrogen-bond donors (Lipinski definition) is 0. The predicted molar refractivity (Wildman–Crippen MR) is 55.7 cm³/mol. The lowest BCUT2D eigenvalue weighted by Gasteiger charge is -2.12. The van der Waals surface area contributed by atoms with E-state index >= 15 is 0 Å². The number of esters is 1. The van der Waals surface area contributed by atoms with Gasteiger partial charge in [0.2, 0.25) is 0 Å². The highest BCUT2D eigenvalue weighted by molar-refractivity contribution is 7.87. The molecule has 0 rings (SSSR count). The minimum atomic E-state index is -5.77. The van der Waals surface area contributed by atoms with Gasteiger partial charge >= 0.3 is 21.6 Å². The van der Waals surface area contributed by atoms with Crippen LogP contribution in [0, 0.1) is 0 Å². The van der Waals surface area contributed by atoms with Gasteiger partial charge in [0.05, 0.1) is 12.7 Å². The number of ether oxygens (including phenoxy) is 1. The first kappa shape index (κ1) is 16.8. The van der Waals surface area contributed by atoms with Crippen LogP contribution in [0.15, 0.2) is 11.3 Å². The summed E-state index contributed by atoms with van der Waals surface area (Å²) in [5.74, 6) is -1.56. The normalized spacial score (nSPS) is 13.9. The smallest absolute Gasteiger partial charge is 0.466 e. The van der Waals surface area contributed by atoms with Crippen molar-refractivity contribution in [2.24, 2.45) is 0 Å². The monoisotopic (exact) mass is 290 g/mol. The van der Waals surface area contributed by atoms with E-state index in [0.717, 1.165) is 14.0 Å². The largest absolute Gasteiger partial charge is 0.534 e. The molecule has 9 heteroatoms. The number of hydrogen-bond acceptors (Lipinski definition) is 5. The van der Waals surface area contributed by atoms with Gasteiger partial charge in [0.25, 0.3) is 0 Å². The van der Waals surface area contributed by atoms with E-state index in [0.29, 0.717) is 6.42 Å². The Bertz CT molecular complexity index is 436. The minimum Gasteiger partial charge on any atom is -0.466 e. The zero-order valence-electron chi connectivity index (χ0n) is 10.00. The molecule has 0 saturated heterocycles. The number of carbonyl (C=O) groups excluding carboxylic acids is 1. The van der Waals surface area contributed by atoms with Crippen molar-refractivity contribution in [1.29, 1.82) is 0 Å². The summed E-state index contributed by atoms with van der Waals surface area (Å²) in [6.07, 6.45) is 0.461. The molecule has 106 valence electrons. The number of methoxy groups -OCH3 is 1. The summed E-state index contributed by atoms with van der Waals surface area (Å²) in [6, 6.07) is 0. The van der Waals surface area contributed by atoms with E-state index in [-0.39, 0.29) is 12.0 Å². The van der Waals surface area contributed by atoms with Gasteiger partial charge in [-0.25, -0.2) is 4.79 Å². The molecule has 0 aliphatic heterocycles. The van der Waals surface area contributed by atoms with Crippen molar-refractivity contribution >= 4 is 16.1 Å². The molecule has 0 radical (unpaired) electrons. The van der Waals surface area contributed by atoms with E-state index in [2.05, 4.69) is 8.92 Å². The Balaban J connectivity index is 5.33. The third kappa shape index (κ3) is 4.21. The summed E-state index contributed by atoms with van der Waals surface area (Å²) in [5, 5.41) is 0. The summed E-state index contributed by atoms with van der Waals surface area (Å²) < 4.78 is 65.9. The molecule has 0 aromatic rings. The minimum absolute atomic E-state index is 0.0475. The van der Waals surface area contributed by atoms with Gasteiger partial charge in [0.1, 0.15) is 5.76 Å². The molecule has 0 heterocycles. The Kier molecular flexibility index (Phi) is 5.65. The van der Waals surface area contributed by atoms with Crippen molar-refractivity contribution in [2.75, 3.05) is 7.11 Å². The SMILES string of the molecule is CCC/C(C(=O)OC)=C(\C)OS(=O)(=O)C(F)(F)F. The fourth-order valence-corrected chi connectivity index (χ4v) is 1.58. The Morgan fingerprint density at radius 2 is 1.78 bits per heavy atom. The average molecular weight is 290 g/mol. The molecule has 0 aliphatic carbocycles. The fourth-order valence-electron chi connectivity index (χ4n) is 1.06. The lowest BCUT2D eigenvalue weighted by Crippen LogP contribution is -2.25. The fraction of sp³-hybridized carbons (Fsp3) is 0.667. The molecule has 0 fully saturated rings. The van der Waals surface area contributed by atoms with Crippen LogP contribution in [-0.2, 0) is 23.8 Å². The molecule has 0 amide bonds. The molecule has 5 nitrogen and oxygen atoms in total.